The molecule has 2 unspecified atom stereocenters. The summed E-state index contributed by atoms with van der Waals surface area (Å²) in [5.41, 5.74) is 2.02. The maximum atomic E-state index is 12.9. The molecule has 2 heterocycles. The SMILES string of the molecule is Cc1cccc(C#N)c1C1(O)CC2CCCC(C1)N2C(=O)OCc1ccccc1. The first-order chi connectivity index (χ1) is 14.0. The lowest BCUT2D eigenvalue weighted by atomic mass is 9.70. The minimum Gasteiger partial charge on any atom is -0.445 e. The van der Waals surface area contributed by atoms with Gasteiger partial charge in [-0.05, 0) is 43.4 Å². The van der Waals surface area contributed by atoms with Crippen molar-refractivity contribution in [1.29, 1.82) is 5.26 Å². The summed E-state index contributed by atoms with van der Waals surface area (Å²) < 4.78 is 5.60. The number of benzene rings is 2. The van der Waals surface area contributed by atoms with E-state index in [1.54, 1.807) is 6.07 Å². The van der Waals surface area contributed by atoms with Crippen molar-refractivity contribution >= 4 is 6.09 Å². The number of nitrogens with zero attached hydrogens (tertiary/aromatic N) is 2. The molecule has 0 radical (unpaired) electrons. The molecule has 4 rings (SSSR count). The van der Waals surface area contributed by atoms with E-state index in [1.165, 1.54) is 0 Å². The van der Waals surface area contributed by atoms with E-state index in [2.05, 4.69) is 6.07 Å². The van der Waals surface area contributed by atoms with Crippen molar-refractivity contribution < 1.29 is 14.6 Å². The lowest BCUT2D eigenvalue weighted by Gasteiger charge is -2.51. The van der Waals surface area contributed by atoms with Crippen LogP contribution in [-0.2, 0) is 16.9 Å². The normalized spacial score (nSPS) is 25.9. The maximum absolute atomic E-state index is 12.9. The molecule has 1 amide bonds. The molecule has 0 aromatic heterocycles. The summed E-state index contributed by atoms with van der Waals surface area (Å²) in [4.78, 5) is 14.7. The topological polar surface area (TPSA) is 73.6 Å². The van der Waals surface area contributed by atoms with E-state index in [1.807, 2.05) is 54.3 Å². The number of carbonyl (C=O) groups excluding carboxylic acids is 1. The maximum Gasteiger partial charge on any atom is 0.410 e. The first-order valence-corrected chi connectivity index (χ1v) is 10.2. The number of amides is 1. The Morgan fingerprint density at radius 2 is 1.86 bits per heavy atom. The average molecular weight is 390 g/mol. The number of aliphatic hydroxyl groups is 1. The van der Waals surface area contributed by atoms with Crippen LogP contribution in [0.3, 0.4) is 0 Å². The largest absolute Gasteiger partial charge is 0.445 e. The Balaban J connectivity index is 1.55. The molecule has 2 aromatic carbocycles. The van der Waals surface area contributed by atoms with Crippen molar-refractivity contribution in [3.05, 3.63) is 70.8 Å². The highest BCUT2D eigenvalue weighted by Gasteiger charge is 2.49. The van der Waals surface area contributed by atoms with Crippen molar-refractivity contribution in [3.63, 3.8) is 0 Å². The zero-order valence-corrected chi connectivity index (χ0v) is 16.7. The number of aryl methyl sites for hydroxylation is 1. The van der Waals surface area contributed by atoms with E-state index < -0.39 is 5.60 Å². The number of fused-ring (bicyclic) bond motifs is 2. The molecular formula is C24H26N2O3. The number of rotatable bonds is 3. The summed E-state index contributed by atoms with van der Waals surface area (Å²) >= 11 is 0. The van der Waals surface area contributed by atoms with Crippen molar-refractivity contribution in [2.75, 3.05) is 0 Å². The highest BCUT2D eigenvalue weighted by atomic mass is 16.6. The average Bonchev–Trinajstić information content (AvgIpc) is 2.71. The van der Waals surface area contributed by atoms with Crippen molar-refractivity contribution in [2.24, 2.45) is 0 Å². The minimum absolute atomic E-state index is 0.0816. The van der Waals surface area contributed by atoms with E-state index in [0.29, 0.717) is 18.4 Å². The van der Waals surface area contributed by atoms with Crippen LogP contribution in [-0.4, -0.2) is 28.2 Å². The van der Waals surface area contributed by atoms with Crippen LogP contribution in [0.15, 0.2) is 48.5 Å². The molecule has 150 valence electrons. The molecule has 2 saturated heterocycles. The van der Waals surface area contributed by atoms with Gasteiger partial charge in [-0.25, -0.2) is 4.79 Å². The Kier molecular flexibility index (Phi) is 5.29. The Labute approximate surface area is 171 Å². The van der Waals surface area contributed by atoms with Crippen molar-refractivity contribution in [2.45, 2.75) is 63.3 Å². The Hall–Kier alpha value is -2.84. The fourth-order valence-electron chi connectivity index (χ4n) is 5.10. The van der Waals surface area contributed by atoms with E-state index in [9.17, 15) is 15.2 Å². The second kappa shape index (κ2) is 7.88. The summed E-state index contributed by atoms with van der Waals surface area (Å²) in [7, 11) is 0. The van der Waals surface area contributed by atoms with E-state index in [4.69, 9.17) is 4.74 Å². The molecule has 0 spiro atoms. The van der Waals surface area contributed by atoms with Gasteiger partial charge in [0.05, 0.1) is 17.2 Å². The second-order valence-corrected chi connectivity index (χ2v) is 8.24. The van der Waals surface area contributed by atoms with E-state index in [0.717, 1.165) is 36.0 Å². The van der Waals surface area contributed by atoms with Gasteiger partial charge in [-0.1, -0.05) is 42.5 Å². The molecule has 5 heteroatoms. The van der Waals surface area contributed by atoms with Crippen molar-refractivity contribution in [1.82, 2.24) is 4.90 Å². The highest BCUT2D eigenvalue weighted by Crippen LogP contribution is 2.46. The zero-order chi connectivity index (χ0) is 20.4. The number of hydrogen-bond acceptors (Lipinski definition) is 4. The zero-order valence-electron chi connectivity index (χ0n) is 16.7. The molecule has 0 saturated carbocycles. The number of ether oxygens (including phenoxy) is 1. The summed E-state index contributed by atoms with van der Waals surface area (Å²) in [5, 5.41) is 21.2. The van der Waals surface area contributed by atoms with Gasteiger partial charge < -0.3 is 14.7 Å². The van der Waals surface area contributed by atoms with E-state index in [-0.39, 0.29) is 24.8 Å². The molecule has 0 aliphatic carbocycles. The molecule has 1 N–H and O–H groups in total. The van der Waals surface area contributed by atoms with Crippen LogP contribution >= 0.6 is 0 Å². The van der Waals surface area contributed by atoms with Gasteiger partial charge in [0, 0.05) is 30.5 Å². The monoisotopic (exact) mass is 390 g/mol. The second-order valence-electron chi connectivity index (χ2n) is 8.24. The lowest BCUT2D eigenvalue weighted by Crippen LogP contribution is -2.59. The summed E-state index contributed by atoms with van der Waals surface area (Å²) in [5.74, 6) is 0. The summed E-state index contributed by atoms with van der Waals surface area (Å²) in [6.45, 7) is 2.18. The molecule has 29 heavy (non-hydrogen) atoms. The van der Waals surface area contributed by atoms with Crippen LogP contribution in [0, 0.1) is 18.3 Å². The van der Waals surface area contributed by atoms with Gasteiger partial charge in [0.2, 0.25) is 0 Å². The predicted molar refractivity (Wildman–Crippen MR) is 109 cm³/mol. The summed E-state index contributed by atoms with van der Waals surface area (Å²) in [6.07, 6.45) is 3.27. The van der Waals surface area contributed by atoms with Crippen LogP contribution in [0.25, 0.3) is 0 Å². The third-order valence-corrected chi connectivity index (χ3v) is 6.28. The van der Waals surface area contributed by atoms with Crippen LogP contribution in [0.2, 0.25) is 0 Å². The first-order valence-electron chi connectivity index (χ1n) is 10.2. The third kappa shape index (κ3) is 3.73. The van der Waals surface area contributed by atoms with Gasteiger partial charge in [-0.3, -0.25) is 0 Å². The van der Waals surface area contributed by atoms with Crippen LogP contribution < -0.4 is 0 Å². The standard InChI is InChI=1S/C24H26N2O3/c1-17-7-5-10-19(15-25)22(17)24(28)13-20-11-6-12-21(14-24)26(20)23(27)29-16-18-8-3-2-4-9-18/h2-5,7-10,20-21,28H,6,11-14,16H2,1H3. The molecule has 2 aromatic rings. The quantitative estimate of drug-likeness (QED) is 0.843. The molecule has 2 fully saturated rings. The van der Waals surface area contributed by atoms with Gasteiger partial charge in [0.1, 0.15) is 6.61 Å². The Morgan fingerprint density at radius 1 is 1.17 bits per heavy atom. The van der Waals surface area contributed by atoms with Crippen LogP contribution in [0.1, 0.15) is 54.4 Å². The van der Waals surface area contributed by atoms with Crippen LogP contribution in [0.4, 0.5) is 4.79 Å². The number of carbonyl (C=O) groups is 1. The fourth-order valence-corrected chi connectivity index (χ4v) is 5.10. The van der Waals surface area contributed by atoms with Crippen LogP contribution in [0.5, 0.6) is 0 Å². The fraction of sp³-hybridized carbons (Fsp3) is 0.417. The Morgan fingerprint density at radius 3 is 2.52 bits per heavy atom. The minimum atomic E-state index is -1.09. The van der Waals surface area contributed by atoms with Crippen molar-refractivity contribution in [3.8, 4) is 6.07 Å². The van der Waals surface area contributed by atoms with Gasteiger partial charge in [-0.15, -0.1) is 0 Å². The predicted octanol–water partition coefficient (Wildman–Crippen LogP) is 4.41. The Bertz CT molecular complexity index is 921. The molecule has 2 bridgehead atoms. The van der Waals surface area contributed by atoms with Gasteiger partial charge >= 0.3 is 6.09 Å². The number of hydrogen-bond donors (Lipinski definition) is 1. The van der Waals surface area contributed by atoms with Gasteiger partial charge in [0.25, 0.3) is 0 Å². The molecular weight excluding hydrogens is 364 g/mol. The number of piperidine rings is 2. The molecule has 2 atom stereocenters. The lowest BCUT2D eigenvalue weighted by molar-refractivity contribution is -0.0900. The summed E-state index contributed by atoms with van der Waals surface area (Å²) in [6, 6.07) is 17.3. The molecule has 5 nitrogen and oxygen atoms in total. The van der Waals surface area contributed by atoms with Gasteiger partial charge in [-0.2, -0.15) is 5.26 Å². The smallest absolute Gasteiger partial charge is 0.410 e. The highest BCUT2D eigenvalue weighted by molar-refractivity contribution is 5.69. The molecule has 2 aliphatic heterocycles. The number of nitriles is 1. The van der Waals surface area contributed by atoms with E-state index >= 15 is 0 Å². The molecule has 2 aliphatic rings. The first kappa shape index (κ1) is 19.5. The van der Waals surface area contributed by atoms with Gasteiger partial charge in [0.15, 0.2) is 0 Å². The third-order valence-electron chi connectivity index (χ3n) is 6.28.